The summed E-state index contributed by atoms with van der Waals surface area (Å²) in [5.41, 5.74) is 6.49. The first-order valence-corrected chi connectivity index (χ1v) is 7.03. The predicted octanol–water partition coefficient (Wildman–Crippen LogP) is 1.82. The summed E-state index contributed by atoms with van der Waals surface area (Å²) in [6.45, 7) is 9.15. The number of hydrogen-bond acceptors (Lipinski definition) is 3. The molecule has 0 atom stereocenters. The van der Waals surface area contributed by atoms with Gasteiger partial charge in [-0.25, -0.2) is 8.78 Å². The molecule has 3 nitrogen and oxygen atoms in total. The summed E-state index contributed by atoms with van der Waals surface area (Å²) in [4.78, 5) is 4.59. The van der Waals surface area contributed by atoms with E-state index in [4.69, 9.17) is 5.73 Å². The van der Waals surface area contributed by atoms with Crippen LogP contribution in [0.15, 0.2) is 18.2 Å². The first kappa shape index (κ1) is 15.4. The van der Waals surface area contributed by atoms with E-state index in [-0.39, 0.29) is 5.54 Å². The van der Waals surface area contributed by atoms with Crippen molar-refractivity contribution in [2.75, 3.05) is 32.7 Å². The first-order valence-electron chi connectivity index (χ1n) is 7.03. The Morgan fingerprint density at radius 3 is 2.10 bits per heavy atom. The first-order chi connectivity index (χ1) is 9.40. The van der Waals surface area contributed by atoms with Gasteiger partial charge in [-0.3, -0.25) is 9.80 Å². The van der Waals surface area contributed by atoms with Crippen molar-refractivity contribution in [1.82, 2.24) is 9.80 Å². The monoisotopic (exact) mass is 283 g/mol. The van der Waals surface area contributed by atoms with Gasteiger partial charge in [0.1, 0.15) is 11.6 Å². The Morgan fingerprint density at radius 2 is 1.60 bits per heavy atom. The minimum atomic E-state index is -0.511. The van der Waals surface area contributed by atoms with Crippen molar-refractivity contribution in [3.8, 4) is 0 Å². The van der Waals surface area contributed by atoms with Gasteiger partial charge >= 0.3 is 0 Å². The van der Waals surface area contributed by atoms with Gasteiger partial charge in [-0.2, -0.15) is 0 Å². The second-order valence-electron chi connectivity index (χ2n) is 6.06. The van der Waals surface area contributed by atoms with E-state index in [2.05, 4.69) is 23.6 Å². The molecule has 1 fully saturated rings. The minimum absolute atomic E-state index is 0.0110. The van der Waals surface area contributed by atoms with Crippen molar-refractivity contribution >= 4 is 0 Å². The van der Waals surface area contributed by atoms with Crippen molar-refractivity contribution in [2.45, 2.75) is 25.9 Å². The fourth-order valence-corrected chi connectivity index (χ4v) is 2.60. The summed E-state index contributed by atoms with van der Waals surface area (Å²) in [5, 5.41) is 0. The average molecular weight is 283 g/mol. The van der Waals surface area contributed by atoms with Crippen LogP contribution in [-0.4, -0.2) is 48.1 Å². The molecule has 2 rings (SSSR count). The molecule has 0 aliphatic carbocycles. The van der Waals surface area contributed by atoms with Crippen molar-refractivity contribution in [1.29, 1.82) is 0 Å². The Morgan fingerprint density at radius 1 is 1.05 bits per heavy atom. The SMILES string of the molecule is CC(C)(CN)N1CCN(Cc2cc(F)cc(F)c2)CC1. The van der Waals surface area contributed by atoms with Crippen molar-refractivity contribution < 1.29 is 8.78 Å². The molecule has 0 saturated carbocycles. The molecular weight excluding hydrogens is 260 g/mol. The van der Waals surface area contributed by atoms with E-state index < -0.39 is 11.6 Å². The Labute approximate surface area is 119 Å². The molecule has 5 heteroatoms. The number of benzene rings is 1. The lowest BCUT2D eigenvalue weighted by molar-refractivity contribution is 0.0537. The summed E-state index contributed by atoms with van der Waals surface area (Å²) in [7, 11) is 0. The van der Waals surface area contributed by atoms with Gasteiger partial charge in [-0.1, -0.05) is 0 Å². The highest BCUT2D eigenvalue weighted by Crippen LogP contribution is 2.17. The summed E-state index contributed by atoms with van der Waals surface area (Å²) < 4.78 is 26.3. The second-order valence-corrected chi connectivity index (χ2v) is 6.06. The van der Waals surface area contributed by atoms with E-state index >= 15 is 0 Å². The van der Waals surface area contributed by atoms with Gasteiger partial charge in [-0.15, -0.1) is 0 Å². The summed E-state index contributed by atoms with van der Waals surface area (Å²) in [6, 6.07) is 3.71. The standard InChI is InChI=1S/C15H23F2N3/c1-15(2,11-18)20-5-3-19(4-6-20)10-12-7-13(16)9-14(17)8-12/h7-9H,3-6,10-11,18H2,1-2H3. The lowest BCUT2D eigenvalue weighted by Crippen LogP contribution is -2.57. The van der Waals surface area contributed by atoms with Gasteiger partial charge in [0.2, 0.25) is 0 Å². The van der Waals surface area contributed by atoms with Crippen LogP contribution < -0.4 is 5.73 Å². The van der Waals surface area contributed by atoms with E-state index in [1.807, 2.05) is 0 Å². The highest BCUT2D eigenvalue weighted by molar-refractivity contribution is 5.17. The average Bonchev–Trinajstić information content (AvgIpc) is 2.38. The van der Waals surface area contributed by atoms with Crippen LogP contribution >= 0.6 is 0 Å². The highest BCUT2D eigenvalue weighted by atomic mass is 19.1. The van der Waals surface area contributed by atoms with Crippen LogP contribution in [0.4, 0.5) is 8.78 Å². The third kappa shape index (κ3) is 3.75. The molecule has 1 saturated heterocycles. The Bertz CT molecular complexity index is 434. The third-order valence-electron chi connectivity index (χ3n) is 4.06. The van der Waals surface area contributed by atoms with Gasteiger partial charge in [0.05, 0.1) is 0 Å². The van der Waals surface area contributed by atoms with Gasteiger partial charge in [-0.05, 0) is 31.5 Å². The molecule has 112 valence electrons. The predicted molar refractivity (Wildman–Crippen MR) is 76.3 cm³/mol. The fraction of sp³-hybridized carbons (Fsp3) is 0.600. The maximum Gasteiger partial charge on any atom is 0.126 e. The lowest BCUT2D eigenvalue weighted by atomic mass is 10.0. The second kappa shape index (κ2) is 6.16. The van der Waals surface area contributed by atoms with Gasteiger partial charge < -0.3 is 5.73 Å². The number of piperazine rings is 1. The normalized spacial score (nSPS) is 18.4. The van der Waals surface area contributed by atoms with Crippen LogP contribution in [0.2, 0.25) is 0 Å². The molecule has 2 N–H and O–H groups in total. The Hall–Kier alpha value is -1.04. The number of rotatable bonds is 4. The zero-order valence-electron chi connectivity index (χ0n) is 12.2. The van der Waals surface area contributed by atoms with Crippen LogP contribution in [0.25, 0.3) is 0 Å². The van der Waals surface area contributed by atoms with E-state index in [0.717, 1.165) is 32.2 Å². The van der Waals surface area contributed by atoms with Gasteiger partial charge in [0.15, 0.2) is 0 Å². The smallest absolute Gasteiger partial charge is 0.126 e. The Kier molecular flexibility index (Phi) is 4.73. The van der Waals surface area contributed by atoms with Crippen LogP contribution in [0.5, 0.6) is 0 Å². The molecule has 20 heavy (non-hydrogen) atoms. The van der Waals surface area contributed by atoms with E-state index in [9.17, 15) is 8.78 Å². The van der Waals surface area contributed by atoms with Crippen molar-refractivity contribution in [3.63, 3.8) is 0 Å². The molecule has 0 bridgehead atoms. The zero-order valence-corrected chi connectivity index (χ0v) is 12.2. The van der Waals surface area contributed by atoms with Crippen LogP contribution in [0, 0.1) is 11.6 Å². The summed E-state index contributed by atoms with van der Waals surface area (Å²) in [5.74, 6) is -1.02. The van der Waals surface area contributed by atoms with Crippen LogP contribution in [-0.2, 0) is 6.54 Å². The molecule has 1 aromatic rings. The van der Waals surface area contributed by atoms with Crippen LogP contribution in [0.3, 0.4) is 0 Å². The molecule has 1 aromatic carbocycles. The highest BCUT2D eigenvalue weighted by Gasteiger charge is 2.28. The summed E-state index contributed by atoms with van der Waals surface area (Å²) in [6.07, 6.45) is 0. The quantitative estimate of drug-likeness (QED) is 0.915. The number of hydrogen-bond donors (Lipinski definition) is 1. The van der Waals surface area contributed by atoms with Crippen molar-refractivity contribution in [3.05, 3.63) is 35.4 Å². The number of nitrogens with zero attached hydrogens (tertiary/aromatic N) is 2. The lowest BCUT2D eigenvalue weighted by Gasteiger charge is -2.43. The molecule has 1 heterocycles. The zero-order chi connectivity index (χ0) is 14.8. The van der Waals surface area contributed by atoms with E-state index in [0.29, 0.717) is 18.7 Å². The molecule has 1 aliphatic heterocycles. The number of halogens is 2. The molecule has 1 aliphatic rings. The Balaban J connectivity index is 1.91. The number of nitrogens with two attached hydrogens (primary N) is 1. The van der Waals surface area contributed by atoms with E-state index in [1.54, 1.807) is 0 Å². The maximum absolute atomic E-state index is 13.2. The fourth-order valence-electron chi connectivity index (χ4n) is 2.60. The molecule has 0 amide bonds. The summed E-state index contributed by atoms with van der Waals surface area (Å²) >= 11 is 0. The molecule has 0 spiro atoms. The van der Waals surface area contributed by atoms with Gasteiger partial charge in [0.25, 0.3) is 0 Å². The van der Waals surface area contributed by atoms with Gasteiger partial charge in [0, 0.05) is 50.9 Å². The van der Waals surface area contributed by atoms with Crippen LogP contribution in [0.1, 0.15) is 19.4 Å². The largest absolute Gasteiger partial charge is 0.329 e. The molecule has 0 aromatic heterocycles. The minimum Gasteiger partial charge on any atom is -0.329 e. The molecule has 0 unspecified atom stereocenters. The van der Waals surface area contributed by atoms with E-state index in [1.165, 1.54) is 12.1 Å². The topological polar surface area (TPSA) is 32.5 Å². The maximum atomic E-state index is 13.2. The third-order valence-corrected chi connectivity index (χ3v) is 4.06. The van der Waals surface area contributed by atoms with Crippen molar-refractivity contribution in [2.24, 2.45) is 5.73 Å². The molecular formula is C15H23F2N3. The molecule has 0 radical (unpaired) electrons.